The van der Waals surface area contributed by atoms with Crippen molar-refractivity contribution in [1.82, 2.24) is 5.32 Å². The smallest absolute Gasteiger partial charge is 0.101 e. The molecule has 0 aromatic heterocycles. The lowest BCUT2D eigenvalue weighted by Gasteiger charge is -2.26. The van der Waals surface area contributed by atoms with Crippen LogP contribution in [0, 0.1) is 17.2 Å². The summed E-state index contributed by atoms with van der Waals surface area (Å²) < 4.78 is 0. The van der Waals surface area contributed by atoms with Crippen LogP contribution < -0.4 is 10.2 Å². The van der Waals surface area contributed by atoms with E-state index in [0.717, 1.165) is 36.8 Å². The molecule has 3 nitrogen and oxygen atoms in total. The van der Waals surface area contributed by atoms with Crippen LogP contribution in [0.4, 0.5) is 5.69 Å². The zero-order valence-electron chi connectivity index (χ0n) is 9.49. The van der Waals surface area contributed by atoms with Crippen molar-refractivity contribution in [3.63, 3.8) is 0 Å². The van der Waals surface area contributed by atoms with Crippen LogP contribution in [0.5, 0.6) is 0 Å². The minimum absolute atomic E-state index is 0.528. The molecule has 1 aromatic carbocycles. The lowest BCUT2D eigenvalue weighted by atomic mass is 10.0. The second-order valence-electron chi connectivity index (χ2n) is 4.74. The molecule has 2 atom stereocenters. The molecule has 2 aliphatic rings. The maximum absolute atomic E-state index is 9.17. The van der Waals surface area contributed by atoms with Crippen LogP contribution in [-0.2, 0) is 0 Å². The Balaban J connectivity index is 1.99. The molecule has 2 aliphatic heterocycles. The van der Waals surface area contributed by atoms with Crippen LogP contribution in [0.3, 0.4) is 0 Å². The van der Waals surface area contributed by atoms with Gasteiger partial charge in [-0.15, -0.1) is 0 Å². The van der Waals surface area contributed by atoms with Crippen molar-refractivity contribution >= 4 is 17.3 Å². The third-order valence-electron chi connectivity index (χ3n) is 3.83. The van der Waals surface area contributed by atoms with Crippen molar-refractivity contribution in [1.29, 1.82) is 5.26 Å². The van der Waals surface area contributed by atoms with Crippen LogP contribution in [0.2, 0.25) is 5.02 Å². The predicted octanol–water partition coefficient (Wildman–Crippen LogP) is 2.01. The lowest BCUT2D eigenvalue weighted by Crippen LogP contribution is -2.34. The average Bonchev–Trinajstić information content (AvgIpc) is 2.90. The minimum atomic E-state index is 0.528. The Hall–Kier alpha value is -1.24. The number of fused-ring (bicyclic) bond motifs is 1. The van der Waals surface area contributed by atoms with E-state index in [1.54, 1.807) is 6.07 Å². The molecule has 0 saturated carbocycles. The summed E-state index contributed by atoms with van der Waals surface area (Å²) in [6.07, 6.45) is 1.20. The topological polar surface area (TPSA) is 39.1 Å². The Morgan fingerprint density at radius 2 is 2.29 bits per heavy atom. The number of halogens is 1. The van der Waals surface area contributed by atoms with Crippen molar-refractivity contribution in [2.45, 2.75) is 12.5 Å². The van der Waals surface area contributed by atoms with Gasteiger partial charge in [-0.1, -0.05) is 11.6 Å². The Labute approximate surface area is 106 Å². The monoisotopic (exact) mass is 247 g/mol. The number of nitriles is 1. The molecule has 2 fully saturated rings. The number of anilines is 1. The van der Waals surface area contributed by atoms with Crippen molar-refractivity contribution in [2.75, 3.05) is 24.5 Å². The van der Waals surface area contributed by atoms with Crippen molar-refractivity contribution in [3.8, 4) is 6.07 Å². The maximum Gasteiger partial charge on any atom is 0.101 e. The summed E-state index contributed by atoms with van der Waals surface area (Å²) in [7, 11) is 0. The van der Waals surface area contributed by atoms with Gasteiger partial charge in [-0.25, -0.2) is 0 Å². The quantitative estimate of drug-likeness (QED) is 0.825. The van der Waals surface area contributed by atoms with Gasteiger partial charge in [0.15, 0.2) is 0 Å². The largest absolute Gasteiger partial charge is 0.366 e. The van der Waals surface area contributed by atoms with E-state index < -0.39 is 0 Å². The summed E-state index contributed by atoms with van der Waals surface area (Å²) in [5.74, 6) is 0.723. The van der Waals surface area contributed by atoms with Gasteiger partial charge in [-0.05, 0) is 30.5 Å². The molecule has 0 aliphatic carbocycles. The minimum Gasteiger partial charge on any atom is -0.366 e. The molecule has 1 N–H and O–H groups in total. The number of nitrogens with one attached hydrogen (secondary N) is 1. The highest BCUT2D eigenvalue weighted by atomic mass is 35.5. The van der Waals surface area contributed by atoms with Gasteiger partial charge in [0.2, 0.25) is 0 Å². The lowest BCUT2D eigenvalue weighted by molar-refractivity contribution is 0.578. The molecule has 88 valence electrons. The van der Waals surface area contributed by atoms with E-state index in [1.165, 1.54) is 6.42 Å². The molecule has 0 unspecified atom stereocenters. The number of benzene rings is 1. The van der Waals surface area contributed by atoms with Crippen LogP contribution in [0.25, 0.3) is 0 Å². The highest BCUT2D eigenvalue weighted by Crippen LogP contribution is 2.34. The molecule has 3 rings (SSSR count). The fourth-order valence-corrected chi connectivity index (χ4v) is 3.15. The molecule has 0 amide bonds. The van der Waals surface area contributed by atoms with E-state index in [4.69, 9.17) is 11.6 Å². The molecule has 0 spiro atoms. The van der Waals surface area contributed by atoms with E-state index in [1.807, 2.05) is 12.1 Å². The van der Waals surface area contributed by atoms with Crippen LogP contribution in [0.15, 0.2) is 18.2 Å². The van der Waals surface area contributed by atoms with Gasteiger partial charge < -0.3 is 10.2 Å². The molecular formula is C13H14ClN3. The molecule has 17 heavy (non-hydrogen) atoms. The third kappa shape index (κ3) is 1.78. The fourth-order valence-electron chi connectivity index (χ4n) is 2.99. The van der Waals surface area contributed by atoms with Crippen molar-refractivity contribution < 1.29 is 0 Å². The molecule has 0 radical (unpaired) electrons. The molecule has 0 bridgehead atoms. The van der Waals surface area contributed by atoms with Gasteiger partial charge in [-0.2, -0.15) is 5.26 Å². The highest BCUT2D eigenvalue weighted by molar-refractivity contribution is 6.30. The van der Waals surface area contributed by atoms with Crippen molar-refractivity contribution in [2.24, 2.45) is 5.92 Å². The van der Waals surface area contributed by atoms with Crippen LogP contribution in [0.1, 0.15) is 12.0 Å². The summed E-state index contributed by atoms with van der Waals surface area (Å²) in [5, 5.41) is 13.3. The molecule has 4 heteroatoms. The van der Waals surface area contributed by atoms with E-state index in [9.17, 15) is 5.26 Å². The molecule has 2 heterocycles. The zero-order valence-corrected chi connectivity index (χ0v) is 10.2. The maximum atomic E-state index is 9.17. The predicted molar refractivity (Wildman–Crippen MR) is 68.3 cm³/mol. The summed E-state index contributed by atoms with van der Waals surface area (Å²) in [6, 6.07) is 8.30. The number of hydrogen-bond donors (Lipinski definition) is 1. The highest BCUT2D eigenvalue weighted by Gasteiger charge is 2.38. The Bertz CT molecular complexity index is 480. The molecule has 2 saturated heterocycles. The second-order valence-corrected chi connectivity index (χ2v) is 5.18. The van der Waals surface area contributed by atoms with Gasteiger partial charge in [0.05, 0.1) is 11.3 Å². The fraction of sp³-hybridized carbons (Fsp3) is 0.462. The zero-order chi connectivity index (χ0) is 11.8. The summed E-state index contributed by atoms with van der Waals surface area (Å²) in [6.45, 7) is 3.15. The Morgan fingerprint density at radius 1 is 1.41 bits per heavy atom. The van der Waals surface area contributed by atoms with E-state index in [0.29, 0.717) is 11.1 Å². The van der Waals surface area contributed by atoms with E-state index in [2.05, 4.69) is 16.3 Å². The van der Waals surface area contributed by atoms with Crippen LogP contribution >= 0.6 is 11.6 Å². The van der Waals surface area contributed by atoms with Gasteiger partial charge in [0.1, 0.15) is 6.07 Å². The molecule has 1 aromatic rings. The van der Waals surface area contributed by atoms with Gasteiger partial charge in [0, 0.05) is 30.7 Å². The second kappa shape index (κ2) is 4.21. The van der Waals surface area contributed by atoms with E-state index >= 15 is 0 Å². The Kier molecular flexibility index (Phi) is 2.70. The first kappa shape index (κ1) is 10.9. The molecular weight excluding hydrogens is 234 g/mol. The van der Waals surface area contributed by atoms with Crippen LogP contribution in [-0.4, -0.2) is 25.7 Å². The first-order valence-corrected chi connectivity index (χ1v) is 6.34. The van der Waals surface area contributed by atoms with Gasteiger partial charge in [-0.3, -0.25) is 0 Å². The standard InChI is InChI=1S/C13H14ClN3/c14-11-2-1-9(6-15)12(5-11)17-4-3-10-7-16-8-13(10)17/h1-2,5,10,13,16H,3-4,7-8H2/t10-,13+/m0/s1. The summed E-state index contributed by atoms with van der Waals surface area (Å²) in [5.41, 5.74) is 1.72. The van der Waals surface area contributed by atoms with E-state index in [-0.39, 0.29) is 0 Å². The van der Waals surface area contributed by atoms with Gasteiger partial charge >= 0.3 is 0 Å². The first-order valence-electron chi connectivity index (χ1n) is 5.96. The summed E-state index contributed by atoms with van der Waals surface area (Å²) >= 11 is 6.04. The third-order valence-corrected chi connectivity index (χ3v) is 4.07. The average molecular weight is 248 g/mol. The normalized spacial score (nSPS) is 26.9. The van der Waals surface area contributed by atoms with Gasteiger partial charge in [0.25, 0.3) is 0 Å². The SMILES string of the molecule is N#Cc1ccc(Cl)cc1N1CC[C@H]2CNC[C@H]21. The number of hydrogen-bond acceptors (Lipinski definition) is 3. The summed E-state index contributed by atoms with van der Waals surface area (Å²) in [4.78, 5) is 2.34. The van der Waals surface area contributed by atoms with Crippen molar-refractivity contribution in [3.05, 3.63) is 28.8 Å². The first-order chi connectivity index (χ1) is 8.29. The Morgan fingerprint density at radius 3 is 3.12 bits per heavy atom. The number of rotatable bonds is 1. The number of nitrogens with zero attached hydrogens (tertiary/aromatic N) is 2.